The second kappa shape index (κ2) is 7.54. The van der Waals surface area contributed by atoms with E-state index in [1.165, 1.54) is 23.9 Å². The summed E-state index contributed by atoms with van der Waals surface area (Å²) in [5.41, 5.74) is 6.47. The molecule has 3 aromatic rings. The van der Waals surface area contributed by atoms with Crippen LogP contribution in [-0.2, 0) is 18.7 Å². The summed E-state index contributed by atoms with van der Waals surface area (Å²) in [6, 6.07) is 6.25. The normalized spacial score (nSPS) is 11.1. The summed E-state index contributed by atoms with van der Waals surface area (Å²) in [5, 5.41) is 17.3. The number of hydrogen-bond donors (Lipinski definition) is 1. The number of nitrogens with zero attached hydrogens (tertiary/aromatic N) is 6. The van der Waals surface area contributed by atoms with Crippen LogP contribution in [0.1, 0.15) is 18.6 Å². The summed E-state index contributed by atoms with van der Waals surface area (Å²) >= 11 is 1.51. The molecule has 0 atom stereocenters. The van der Waals surface area contributed by atoms with Gasteiger partial charge in [0.1, 0.15) is 23.8 Å². The van der Waals surface area contributed by atoms with Crippen molar-refractivity contribution in [1.29, 1.82) is 0 Å². The van der Waals surface area contributed by atoms with Crippen LogP contribution in [0.15, 0.2) is 35.7 Å². The van der Waals surface area contributed by atoms with Crippen LogP contribution in [0, 0.1) is 5.82 Å². The molecule has 0 unspecified atom stereocenters. The van der Waals surface area contributed by atoms with Crippen molar-refractivity contribution >= 4 is 11.8 Å². The van der Waals surface area contributed by atoms with Gasteiger partial charge in [-0.1, -0.05) is 11.8 Å². The van der Waals surface area contributed by atoms with Gasteiger partial charge >= 0.3 is 0 Å². The third-order valence-corrected chi connectivity index (χ3v) is 4.44. The minimum Gasteiger partial charge on any atom is -0.330 e. The molecule has 2 aromatic heterocycles. The molecule has 0 bridgehead atoms. The lowest BCUT2D eigenvalue weighted by Crippen LogP contribution is -2.09. The maximum atomic E-state index is 13.2. The SMILES string of the molecule is CCn1cnnc1CSc1nnc(CCN)n1-c1ccc(F)cc1. The lowest BCUT2D eigenvalue weighted by molar-refractivity contribution is 0.627. The molecule has 9 heteroatoms. The largest absolute Gasteiger partial charge is 0.330 e. The Labute approximate surface area is 143 Å². The molecular formula is C15H18FN7S. The zero-order valence-electron chi connectivity index (χ0n) is 13.3. The number of thioether (sulfide) groups is 1. The van der Waals surface area contributed by atoms with E-state index in [9.17, 15) is 4.39 Å². The molecule has 1 aromatic carbocycles. The van der Waals surface area contributed by atoms with E-state index in [1.807, 2.05) is 16.1 Å². The van der Waals surface area contributed by atoms with Gasteiger partial charge in [0.2, 0.25) is 0 Å². The highest BCUT2D eigenvalue weighted by Crippen LogP contribution is 2.25. The molecule has 2 heterocycles. The molecule has 0 amide bonds. The van der Waals surface area contributed by atoms with Crippen LogP contribution in [0.4, 0.5) is 4.39 Å². The first-order valence-corrected chi connectivity index (χ1v) is 8.61. The van der Waals surface area contributed by atoms with E-state index >= 15 is 0 Å². The lowest BCUT2D eigenvalue weighted by atomic mass is 10.3. The van der Waals surface area contributed by atoms with Crippen LogP contribution >= 0.6 is 11.8 Å². The molecule has 0 saturated heterocycles. The van der Waals surface area contributed by atoms with Crippen molar-refractivity contribution in [3.05, 3.63) is 48.1 Å². The third-order valence-electron chi connectivity index (χ3n) is 3.52. The van der Waals surface area contributed by atoms with Gasteiger partial charge in [0.05, 0.1) is 5.75 Å². The fourth-order valence-corrected chi connectivity index (χ4v) is 3.24. The highest BCUT2D eigenvalue weighted by molar-refractivity contribution is 7.98. The average molecular weight is 347 g/mol. The Balaban J connectivity index is 1.88. The molecule has 7 nitrogen and oxygen atoms in total. The number of hydrogen-bond acceptors (Lipinski definition) is 6. The van der Waals surface area contributed by atoms with Gasteiger partial charge in [-0.2, -0.15) is 0 Å². The number of nitrogens with two attached hydrogens (primary N) is 1. The van der Waals surface area contributed by atoms with E-state index in [4.69, 9.17) is 5.73 Å². The first-order chi connectivity index (χ1) is 11.7. The number of aromatic nitrogens is 6. The van der Waals surface area contributed by atoms with Crippen LogP contribution in [0.3, 0.4) is 0 Å². The van der Waals surface area contributed by atoms with Crippen molar-refractivity contribution in [2.45, 2.75) is 30.8 Å². The fourth-order valence-electron chi connectivity index (χ4n) is 2.32. The topological polar surface area (TPSA) is 87.4 Å². The van der Waals surface area contributed by atoms with E-state index in [0.29, 0.717) is 18.7 Å². The molecule has 3 rings (SSSR count). The van der Waals surface area contributed by atoms with Crippen molar-refractivity contribution in [2.24, 2.45) is 5.73 Å². The maximum absolute atomic E-state index is 13.2. The summed E-state index contributed by atoms with van der Waals surface area (Å²) in [6.07, 6.45) is 2.30. The second-order valence-electron chi connectivity index (χ2n) is 5.07. The van der Waals surface area contributed by atoms with Gasteiger partial charge in [-0.05, 0) is 37.7 Å². The predicted octanol–water partition coefficient (Wildman–Crippen LogP) is 1.81. The smallest absolute Gasteiger partial charge is 0.196 e. The monoisotopic (exact) mass is 347 g/mol. The first-order valence-electron chi connectivity index (χ1n) is 7.62. The van der Waals surface area contributed by atoms with Crippen LogP contribution in [-0.4, -0.2) is 36.1 Å². The molecule has 0 fully saturated rings. The summed E-state index contributed by atoms with van der Waals surface area (Å²) < 4.78 is 17.1. The van der Waals surface area contributed by atoms with Crippen LogP contribution < -0.4 is 5.73 Å². The third kappa shape index (κ3) is 3.46. The Morgan fingerprint density at radius 2 is 1.92 bits per heavy atom. The van der Waals surface area contributed by atoms with E-state index in [-0.39, 0.29) is 5.82 Å². The Morgan fingerprint density at radius 1 is 1.12 bits per heavy atom. The van der Waals surface area contributed by atoms with Crippen LogP contribution in [0.25, 0.3) is 5.69 Å². The molecular weight excluding hydrogens is 329 g/mol. The van der Waals surface area contributed by atoms with Gasteiger partial charge in [-0.3, -0.25) is 4.57 Å². The second-order valence-corrected chi connectivity index (χ2v) is 6.01. The number of aryl methyl sites for hydroxylation is 1. The van der Waals surface area contributed by atoms with E-state index in [0.717, 1.165) is 29.0 Å². The Morgan fingerprint density at radius 3 is 2.62 bits per heavy atom. The Hall–Kier alpha value is -2.26. The van der Waals surface area contributed by atoms with Crippen molar-refractivity contribution in [3.63, 3.8) is 0 Å². The number of halogens is 1. The first kappa shape index (κ1) is 16.6. The van der Waals surface area contributed by atoms with Gasteiger partial charge < -0.3 is 10.3 Å². The molecule has 0 spiro atoms. The van der Waals surface area contributed by atoms with Gasteiger partial charge in [0.25, 0.3) is 0 Å². The van der Waals surface area contributed by atoms with Crippen molar-refractivity contribution in [1.82, 2.24) is 29.5 Å². The highest BCUT2D eigenvalue weighted by atomic mass is 32.2. The quantitative estimate of drug-likeness (QED) is 0.656. The van der Waals surface area contributed by atoms with Crippen molar-refractivity contribution in [2.75, 3.05) is 6.54 Å². The average Bonchev–Trinajstić information content (AvgIpc) is 3.20. The minimum absolute atomic E-state index is 0.280. The molecule has 0 saturated carbocycles. The molecule has 126 valence electrons. The molecule has 2 N–H and O–H groups in total. The zero-order valence-corrected chi connectivity index (χ0v) is 14.1. The van der Waals surface area contributed by atoms with Gasteiger partial charge in [0.15, 0.2) is 5.16 Å². The lowest BCUT2D eigenvalue weighted by Gasteiger charge is -2.10. The predicted molar refractivity (Wildman–Crippen MR) is 89.3 cm³/mol. The highest BCUT2D eigenvalue weighted by Gasteiger charge is 2.15. The Kier molecular flexibility index (Phi) is 5.21. The summed E-state index contributed by atoms with van der Waals surface area (Å²) in [7, 11) is 0. The van der Waals surface area contributed by atoms with E-state index in [2.05, 4.69) is 20.4 Å². The van der Waals surface area contributed by atoms with Gasteiger partial charge in [0, 0.05) is 18.7 Å². The van der Waals surface area contributed by atoms with Gasteiger partial charge in [-0.15, -0.1) is 20.4 Å². The van der Waals surface area contributed by atoms with Crippen molar-refractivity contribution < 1.29 is 4.39 Å². The molecule has 24 heavy (non-hydrogen) atoms. The van der Waals surface area contributed by atoms with Crippen LogP contribution in [0.2, 0.25) is 0 Å². The minimum atomic E-state index is -0.280. The number of rotatable bonds is 7. The fraction of sp³-hybridized carbons (Fsp3) is 0.333. The van der Waals surface area contributed by atoms with E-state index in [1.54, 1.807) is 18.5 Å². The molecule has 0 aliphatic rings. The maximum Gasteiger partial charge on any atom is 0.196 e. The molecule has 0 aliphatic heterocycles. The number of benzene rings is 1. The summed E-state index contributed by atoms with van der Waals surface area (Å²) in [5.74, 6) is 1.97. The van der Waals surface area contributed by atoms with Crippen LogP contribution in [0.5, 0.6) is 0 Å². The molecule has 0 radical (unpaired) electrons. The van der Waals surface area contributed by atoms with Crippen molar-refractivity contribution in [3.8, 4) is 5.69 Å². The molecule has 0 aliphatic carbocycles. The van der Waals surface area contributed by atoms with E-state index < -0.39 is 0 Å². The van der Waals surface area contributed by atoms with Gasteiger partial charge in [-0.25, -0.2) is 4.39 Å². The Bertz CT molecular complexity index is 797. The summed E-state index contributed by atoms with van der Waals surface area (Å²) in [6.45, 7) is 3.32. The summed E-state index contributed by atoms with van der Waals surface area (Å²) in [4.78, 5) is 0. The zero-order chi connectivity index (χ0) is 16.9. The standard InChI is InChI=1S/C15H18FN7S/c1-2-22-10-18-19-14(22)9-24-15-21-20-13(7-8-17)23(15)12-5-3-11(16)4-6-12/h3-6,10H,2,7-9,17H2,1H3.